The Hall–Kier alpha value is -0.960. The molecule has 144 valence electrons. The third-order valence-corrected chi connectivity index (χ3v) is 3.91. The highest BCUT2D eigenvalue weighted by atomic mass is 35.5. The first-order chi connectivity index (χ1) is 10.8. The number of carbonyl (C=O) groups is 1. The monoisotopic (exact) mass is 422 g/mol. The van der Waals surface area contributed by atoms with Crippen LogP contribution in [-0.2, 0) is 11.0 Å². The molecule has 0 aliphatic carbocycles. The maximum atomic E-state index is 12.5. The molecule has 1 amide bonds. The van der Waals surface area contributed by atoms with E-state index in [1.165, 1.54) is 0 Å². The van der Waals surface area contributed by atoms with E-state index in [4.69, 9.17) is 11.6 Å². The van der Waals surface area contributed by atoms with Crippen LogP contribution in [0, 0.1) is 0 Å². The highest BCUT2D eigenvalue weighted by molar-refractivity contribution is 6.32. The van der Waals surface area contributed by atoms with Gasteiger partial charge in [-0.2, -0.15) is 13.2 Å². The van der Waals surface area contributed by atoms with Crippen molar-refractivity contribution in [3.05, 3.63) is 22.8 Å². The van der Waals surface area contributed by atoms with Crippen molar-refractivity contribution < 1.29 is 18.0 Å². The minimum Gasteiger partial charge on any atom is -0.368 e. The lowest BCUT2D eigenvalue weighted by atomic mass is 10.2. The number of halogens is 6. The summed E-state index contributed by atoms with van der Waals surface area (Å²) in [6, 6.07) is 0.945. The summed E-state index contributed by atoms with van der Waals surface area (Å²) in [4.78, 5) is 17.6. The van der Waals surface area contributed by atoms with Gasteiger partial charge < -0.3 is 15.5 Å². The van der Waals surface area contributed by atoms with Crippen LogP contribution < -0.4 is 10.6 Å². The van der Waals surface area contributed by atoms with E-state index in [0.717, 1.165) is 19.2 Å². The highest BCUT2D eigenvalue weighted by Crippen LogP contribution is 2.32. The predicted molar refractivity (Wildman–Crippen MR) is 95.9 cm³/mol. The van der Waals surface area contributed by atoms with Gasteiger partial charge in [-0.15, -0.1) is 24.8 Å². The van der Waals surface area contributed by atoms with Gasteiger partial charge in [0.1, 0.15) is 5.82 Å². The molecular weight excluding hydrogens is 404 g/mol. The van der Waals surface area contributed by atoms with Gasteiger partial charge in [-0.05, 0) is 13.0 Å². The van der Waals surface area contributed by atoms with Crippen molar-refractivity contribution in [3.63, 3.8) is 0 Å². The van der Waals surface area contributed by atoms with Crippen LogP contribution in [0.3, 0.4) is 0 Å². The molecule has 2 N–H and O–H groups in total. The fraction of sp³-hybridized carbons (Fsp3) is 0.571. The fourth-order valence-corrected chi connectivity index (χ4v) is 2.60. The average Bonchev–Trinajstić information content (AvgIpc) is 2.48. The van der Waals surface area contributed by atoms with Gasteiger partial charge in [-0.3, -0.25) is 4.79 Å². The van der Waals surface area contributed by atoms with Gasteiger partial charge in [0.05, 0.1) is 10.6 Å². The van der Waals surface area contributed by atoms with Crippen LogP contribution in [0.5, 0.6) is 0 Å². The molecule has 1 aromatic rings. The second-order valence-electron chi connectivity index (χ2n) is 5.37. The molecular formula is C14H20Cl3F3N4O. The molecule has 0 aromatic carbocycles. The zero-order chi connectivity index (χ0) is 17.0. The number of amides is 1. The molecule has 1 aliphatic rings. The summed E-state index contributed by atoms with van der Waals surface area (Å²) in [7, 11) is 0. The van der Waals surface area contributed by atoms with Crippen molar-refractivity contribution in [1.82, 2.24) is 15.2 Å². The Balaban J connectivity index is 0.00000288. The van der Waals surface area contributed by atoms with Crippen LogP contribution in [-0.4, -0.2) is 48.0 Å². The van der Waals surface area contributed by atoms with Crippen LogP contribution in [0.1, 0.15) is 18.9 Å². The number of pyridine rings is 1. The molecule has 1 fully saturated rings. The van der Waals surface area contributed by atoms with Crippen molar-refractivity contribution in [2.45, 2.75) is 25.6 Å². The molecule has 0 bridgehead atoms. The molecule has 0 radical (unpaired) electrons. The number of hydrogen-bond donors (Lipinski definition) is 2. The van der Waals surface area contributed by atoms with E-state index >= 15 is 0 Å². The minimum atomic E-state index is -4.48. The molecule has 2 rings (SSSR count). The first kappa shape index (κ1) is 24.0. The standard InChI is InChI=1S/C14H18ClF3N4O.2ClH/c1-9-7-19-4-5-22(9)12(23)2-3-20-13-11(15)6-10(8-21-13)14(16,17)18;;/h6,8-9,19H,2-5,7H2,1H3,(H,20,21);2*1H. The van der Waals surface area contributed by atoms with Crippen LogP contribution in [0.4, 0.5) is 19.0 Å². The number of carbonyl (C=O) groups excluding carboxylic acids is 1. The molecule has 1 saturated heterocycles. The normalized spacial score (nSPS) is 17.3. The Bertz CT molecular complexity index is 575. The molecule has 0 spiro atoms. The van der Waals surface area contributed by atoms with Crippen LogP contribution >= 0.6 is 36.4 Å². The Labute approximate surface area is 161 Å². The molecule has 25 heavy (non-hydrogen) atoms. The van der Waals surface area contributed by atoms with E-state index in [1.807, 2.05) is 6.92 Å². The van der Waals surface area contributed by atoms with Gasteiger partial charge in [0.15, 0.2) is 0 Å². The summed E-state index contributed by atoms with van der Waals surface area (Å²) in [5.41, 5.74) is -0.904. The van der Waals surface area contributed by atoms with Crippen LogP contribution in [0.15, 0.2) is 12.3 Å². The van der Waals surface area contributed by atoms with E-state index in [2.05, 4.69) is 15.6 Å². The summed E-state index contributed by atoms with van der Waals surface area (Å²) in [6.07, 6.45) is -3.54. The van der Waals surface area contributed by atoms with E-state index in [1.54, 1.807) is 4.90 Å². The number of anilines is 1. The summed E-state index contributed by atoms with van der Waals surface area (Å²) in [6.45, 7) is 4.39. The third kappa shape index (κ3) is 6.69. The number of hydrogen-bond acceptors (Lipinski definition) is 4. The number of nitrogens with zero attached hydrogens (tertiary/aromatic N) is 2. The van der Waals surface area contributed by atoms with Gasteiger partial charge in [-0.25, -0.2) is 4.98 Å². The zero-order valence-corrected chi connectivity index (χ0v) is 15.8. The van der Waals surface area contributed by atoms with Gasteiger partial charge in [0, 0.05) is 44.8 Å². The van der Waals surface area contributed by atoms with Crippen molar-refractivity contribution in [1.29, 1.82) is 0 Å². The summed E-state index contributed by atoms with van der Waals surface area (Å²) in [5, 5.41) is 5.88. The van der Waals surface area contributed by atoms with E-state index in [-0.39, 0.29) is 60.6 Å². The molecule has 1 unspecified atom stereocenters. The highest BCUT2D eigenvalue weighted by Gasteiger charge is 2.31. The number of nitrogens with one attached hydrogen (secondary N) is 2. The first-order valence-electron chi connectivity index (χ1n) is 7.26. The quantitative estimate of drug-likeness (QED) is 0.781. The molecule has 5 nitrogen and oxygen atoms in total. The minimum absolute atomic E-state index is 0. The van der Waals surface area contributed by atoms with Crippen LogP contribution in [0.2, 0.25) is 5.02 Å². The van der Waals surface area contributed by atoms with Gasteiger partial charge >= 0.3 is 6.18 Å². The van der Waals surface area contributed by atoms with E-state index < -0.39 is 11.7 Å². The van der Waals surface area contributed by atoms with Gasteiger partial charge in [0.25, 0.3) is 0 Å². The Morgan fingerprint density at radius 2 is 2.16 bits per heavy atom. The van der Waals surface area contributed by atoms with Crippen molar-refractivity contribution >= 4 is 48.1 Å². The van der Waals surface area contributed by atoms with Crippen LogP contribution in [0.25, 0.3) is 0 Å². The molecule has 11 heteroatoms. The lowest BCUT2D eigenvalue weighted by Gasteiger charge is -2.34. The SMILES string of the molecule is CC1CNCCN1C(=O)CCNc1ncc(C(F)(F)F)cc1Cl.Cl.Cl. The Morgan fingerprint density at radius 1 is 1.48 bits per heavy atom. The smallest absolute Gasteiger partial charge is 0.368 e. The molecule has 1 atom stereocenters. The summed E-state index contributed by atoms with van der Waals surface area (Å²) >= 11 is 5.79. The molecule has 1 aromatic heterocycles. The lowest BCUT2D eigenvalue weighted by molar-refractivity contribution is -0.137. The van der Waals surface area contributed by atoms with Crippen molar-refractivity contribution in [2.75, 3.05) is 31.5 Å². The van der Waals surface area contributed by atoms with Crippen molar-refractivity contribution in [3.8, 4) is 0 Å². The maximum Gasteiger partial charge on any atom is 0.417 e. The lowest BCUT2D eigenvalue weighted by Crippen LogP contribution is -2.52. The topological polar surface area (TPSA) is 57.3 Å². The largest absolute Gasteiger partial charge is 0.417 e. The summed E-state index contributed by atoms with van der Waals surface area (Å²) < 4.78 is 37.6. The van der Waals surface area contributed by atoms with Gasteiger partial charge in [0.2, 0.25) is 5.91 Å². The Kier molecular flexibility index (Phi) is 9.86. The molecule has 1 aliphatic heterocycles. The molecule has 0 saturated carbocycles. The Morgan fingerprint density at radius 3 is 2.72 bits per heavy atom. The van der Waals surface area contributed by atoms with E-state index in [0.29, 0.717) is 12.7 Å². The second-order valence-corrected chi connectivity index (χ2v) is 5.78. The van der Waals surface area contributed by atoms with E-state index in [9.17, 15) is 18.0 Å². The molecule has 2 heterocycles. The maximum absolute atomic E-state index is 12.5. The first-order valence-corrected chi connectivity index (χ1v) is 7.63. The third-order valence-electron chi connectivity index (χ3n) is 3.62. The number of rotatable bonds is 4. The zero-order valence-electron chi connectivity index (χ0n) is 13.4. The predicted octanol–water partition coefficient (Wildman–Crippen LogP) is 3.22. The number of alkyl halides is 3. The summed E-state index contributed by atoms with van der Waals surface area (Å²) in [5.74, 6) is 0.135. The average molecular weight is 424 g/mol. The second kappa shape index (κ2) is 10.3. The number of aromatic nitrogens is 1. The fourth-order valence-electron chi connectivity index (χ4n) is 2.37. The van der Waals surface area contributed by atoms with Crippen molar-refractivity contribution in [2.24, 2.45) is 0 Å². The number of piperazine rings is 1. The van der Waals surface area contributed by atoms with Gasteiger partial charge in [-0.1, -0.05) is 11.6 Å².